The van der Waals surface area contributed by atoms with Crippen LogP contribution in [0.1, 0.15) is 42.0 Å². The van der Waals surface area contributed by atoms with Crippen molar-refractivity contribution < 1.29 is 14.1 Å². The fourth-order valence-corrected chi connectivity index (χ4v) is 1.99. The second-order valence-electron chi connectivity index (χ2n) is 4.91. The van der Waals surface area contributed by atoms with Crippen molar-refractivity contribution in [1.82, 2.24) is 10.1 Å². The minimum atomic E-state index is -0.223. The van der Waals surface area contributed by atoms with Gasteiger partial charge in [0.1, 0.15) is 6.10 Å². The van der Waals surface area contributed by atoms with Crippen molar-refractivity contribution in [3.05, 3.63) is 47.6 Å². The average Bonchev–Trinajstić information content (AvgIpc) is 2.88. The number of Topliss-reactive ketones (excluding diaryl/α,β-unsaturated/α-hetero) is 1. The van der Waals surface area contributed by atoms with Gasteiger partial charge in [0.15, 0.2) is 5.78 Å². The number of hydrogen-bond acceptors (Lipinski definition) is 5. The van der Waals surface area contributed by atoms with Crippen LogP contribution in [0.2, 0.25) is 0 Å². The van der Waals surface area contributed by atoms with Gasteiger partial charge in [0.2, 0.25) is 11.7 Å². The van der Waals surface area contributed by atoms with Gasteiger partial charge < -0.3 is 9.26 Å². The summed E-state index contributed by atoms with van der Waals surface area (Å²) in [4.78, 5) is 16.3. The number of rotatable bonds is 6. The molecule has 0 bridgehead atoms. The molecule has 1 aromatic heterocycles. The van der Waals surface area contributed by atoms with E-state index in [0.29, 0.717) is 17.3 Å². The summed E-state index contributed by atoms with van der Waals surface area (Å²) in [6.07, 6.45) is -0.120. The Bertz CT molecular complexity index is 564. The van der Waals surface area contributed by atoms with E-state index in [1.807, 2.05) is 32.0 Å². The van der Waals surface area contributed by atoms with Crippen LogP contribution in [0, 0.1) is 5.92 Å². The van der Waals surface area contributed by atoms with E-state index in [2.05, 4.69) is 10.1 Å². The third kappa shape index (κ3) is 3.30. The number of benzene rings is 1. The van der Waals surface area contributed by atoms with Gasteiger partial charge in [-0.25, -0.2) is 0 Å². The first-order valence-corrected chi connectivity index (χ1v) is 6.55. The minimum absolute atomic E-state index is 0.0423. The Morgan fingerprint density at radius 1 is 1.30 bits per heavy atom. The summed E-state index contributed by atoms with van der Waals surface area (Å²) in [5, 5.41) is 3.89. The van der Waals surface area contributed by atoms with E-state index in [1.165, 1.54) is 0 Å². The Labute approximate surface area is 118 Å². The van der Waals surface area contributed by atoms with E-state index in [9.17, 15) is 4.79 Å². The Kier molecular flexibility index (Phi) is 4.63. The van der Waals surface area contributed by atoms with Gasteiger partial charge in [-0.3, -0.25) is 4.79 Å². The van der Waals surface area contributed by atoms with Gasteiger partial charge >= 0.3 is 0 Å². The predicted molar refractivity (Wildman–Crippen MR) is 73.4 cm³/mol. The monoisotopic (exact) mass is 274 g/mol. The molecular weight excluding hydrogens is 256 g/mol. The van der Waals surface area contributed by atoms with Gasteiger partial charge in [0, 0.05) is 12.7 Å². The molecule has 1 aromatic carbocycles. The normalized spacial score (nSPS) is 12.6. The van der Waals surface area contributed by atoms with Crippen LogP contribution in [-0.4, -0.2) is 23.0 Å². The number of carbonyl (C=O) groups excluding carboxylic acids is 1. The molecule has 0 amide bonds. The third-order valence-corrected chi connectivity index (χ3v) is 3.01. The molecule has 5 nitrogen and oxygen atoms in total. The van der Waals surface area contributed by atoms with E-state index in [4.69, 9.17) is 9.26 Å². The van der Waals surface area contributed by atoms with Crippen molar-refractivity contribution in [2.24, 2.45) is 5.92 Å². The summed E-state index contributed by atoms with van der Waals surface area (Å²) in [6.45, 7) is 4.03. The van der Waals surface area contributed by atoms with Crippen LogP contribution in [-0.2, 0) is 11.2 Å². The molecule has 0 N–H and O–H groups in total. The van der Waals surface area contributed by atoms with E-state index < -0.39 is 0 Å². The highest BCUT2D eigenvalue weighted by Crippen LogP contribution is 2.22. The van der Waals surface area contributed by atoms with E-state index in [0.717, 1.165) is 0 Å². The van der Waals surface area contributed by atoms with Crippen molar-refractivity contribution in [3.63, 3.8) is 0 Å². The minimum Gasteiger partial charge on any atom is -0.373 e. The van der Waals surface area contributed by atoms with Gasteiger partial charge in [-0.15, -0.1) is 0 Å². The Morgan fingerprint density at radius 2 is 2.00 bits per heavy atom. The molecule has 1 heterocycles. The fourth-order valence-electron chi connectivity index (χ4n) is 1.99. The lowest BCUT2D eigenvalue weighted by atomic mass is 10.1. The molecule has 0 spiro atoms. The molecule has 2 aromatic rings. The number of nitrogens with zero attached hydrogens (tertiary/aromatic N) is 2. The van der Waals surface area contributed by atoms with E-state index >= 15 is 0 Å². The van der Waals surface area contributed by atoms with E-state index in [1.54, 1.807) is 19.2 Å². The van der Waals surface area contributed by atoms with Crippen molar-refractivity contribution in [1.29, 1.82) is 0 Å². The van der Waals surface area contributed by atoms with Crippen LogP contribution in [0.5, 0.6) is 0 Å². The summed E-state index contributed by atoms with van der Waals surface area (Å²) >= 11 is 0. The Morgan fingerprint density at radius 3 is 2.60 bits per heavy atom. The average molecular weight is 274 g/mol. The Hall–Kier alpha value is -2.01. The highest BCUT2D eigenvalue weighted by atomic mass is 16.5. The van der Waals surface area contributed by atoms with Crippen LogP contribution in [0.25, 0.3) is 0 Å². The fraction of sp³-hybridized carbons (Fsp3) is 0.400. The zero-order valence-corrected chi connectivity index (χ0v) is 11.9. The largest absolute Gasteiger partial charge is 0.373 e. The highest BCUT2D eigenvalue weighted by molar-refractivity contribution is 5.96. The lowest BCUT2D eigenvalue weighted by Crippen LogP contribution is -2.11. The summed E-state index contributed by atoms with van der Waals surface area (Å²) in [6, 6.07) is 9.06. The van der Waals surface area contributed by atoms with Crippen LogP contribution < -0.4 is 0 Å². The molecule has 1 atom stereocenters. The number of aromatic nitrogens is 2. The van der Waals surface area contributed by atoms with Crippen molar-refractivity contribution >= 4 is 5.78 Å². The standard InChI is InChI=1S/C15H18N2O3/c1-10(2)14(19-3)15-16-13(20-17-15)9-12(18)11-7-5-4-6-8-11/h4-8,10,14H,9H2,1-3H3. The molecule has 0 saturated carbocycles. The Balaban J connectivity index is 2.08. The van der Waals surface area contributed by atoms with Gasteiger partial charge in [0.05, 0.1) is 6.42 Å². The smallest absolute Gasteiger partial charge is 0.234 e. The molecule has 0 aliphatic heterocycles. The molecule has 20 heavy (non-hydrogen) atoms. The van der Waals surface area contributed by atoms with Crippen LogP contribution >= 0.6 is 0 Å². The maximum Gasteiger partial charge on any atom is 0.234 e. The second kappa shape index (κ2) is 6.43. The topological polar surface area (TPSA) is 65.2 Å². The third-order valence-electron chi connectivity index (χ3n) is 3.01. The summed E-state index contributed by atoms with van der Waals surface area (Å²) < 4.78 is 10.5. The van der Waals surface area contributed by atoms with Crippen LogP contribution in [0.4, 0.5) is 0 Å². The second-order valence-corrected chi connectivity index (χ2v) is 4.91. The summed E-state index contributed by atoms with van der Waals surface area (Å²) in [5.41, 5.74) is 0.638. The van der Waals surface area contributed by atoms with Crippen molar-refractivity contribution in [2.75, 3.05) is 7.11 Å². The molecule has 0 aliphatic rings. The van der Waals surface area contributed by atoms with Gasteiger partial charge in [-0.05, 0) is 5.92 Å². The maximum atomic E-state index is 12.0. The van der Waals surface area contributed by atoms with Crippen molar-refractivity contribution in [2.45, 2.75) is 26.4 Å². The molecule has 0 radical (unpaired) electrons. The lowest BCUT2D eigenvalue weighted by molar-refractivity contribution is 0.0555. The molecular formula is C15H18N2O3. The van der Waals surface area contributed by atoms with Gasteiger partial charge in [0.25, 0.3) is 0 Å². The first-order valence-electron chi connectivity index (χ1n) is 6.55. The number of ether oxygens (including phenoxy) is 1. The molecule has 0 fully saturated rings. The maximum absolute atomic E-state index is 12.0. The zero-order chi connectivity index (χ0) is 14.5. The SMILES string of the molecule is COC(c1noc(CC(=O)c2ccccc2)n1)C(C)C. The summed E-state index contributed by atoms with van der Waals surface area (Å²) in [5.74, 6) is 0.990. The predicted octanol–water partition coefficient (Wildman–Crippen LogP) is 2.84. The first-order chi connectivity index (χ1) is 9.61. The zero-order valence-electron chi connectivity index (χ0n) is 11.9. The number of ketones is 1. The van der Waals surface area contributed by atoms with Gasteiger partial charge in [-0.2, -0.15) is 4.98 Å². The molecule has 0 aliphatic carbocycles. The lowest BCUT2D eigenvalue weighted by Gasteiger charge is -2.14. The van der Waals surface area contributed by atoms with Crippen LogP contribution in [0.3, 0.4) is 0 Å². The number of carbonyl (C=O) groups is 1. The van der Waals surface area contributed by atoms with E-state index in [-0.39, 0.29) is 24.2 Å². The van der Waals surface area contributed by atoms with Crippen molar-refractivity contribution in [3.8, 4) is 0 Å². The number of methoxy groups -OCH3 is 1. The highest BCUT2D eigenvalue weighted by Gasteiger charge is 2.22. The molecule has 2 rings (SSSR count). The van der Waals surface area contributed by atoms with Crippen LogP contribution in [0.15, 0.2) is 34.9 Å². The molecule has 0 saturated heterocycles. The quantitative estimate of drug-likeness (QED) is 0.758. The molecule has 5 heteroatoms. The summed E-state index contributed by atoms with van der Waals surface area (Å²) in [7, 11) is 1.61. The molecule has 1 unspecified atom stereocenters. The molecule has 106 valence electrons. The van der Waals surface area contributed by atoms with Gasteiger partial charge in [-0.1, -0.05) is 49.3 Å². The number of hydrogen-bond donors (Lipinski definition) is 0. The first kappa shape index (κ1) is 14.4.